The lowest BCUT2D eigenvalue weighted by Gasteiger charge is -2.28. The number of fused-ring (bicyclic) bond motifs is 1. The highest BCUT2D eigenvalue weighted by Crippen LogP contribution is 2.34. The first-order valence-corrected chi connectivity index (χ1v) is 6.03. The number of ether oxygens (including phenoxy) is 1. The van der Waals surface area contributed by atoms with E-state index in [1.807, 2.05) is 6.92 Å². The number of nitrogens with zero attached hydrogens (tertiary/aromatic N) is 3. The van der Waals surface area contributed by atoms with E-state index in [2.05, 4.69) is 5.32 Å². The summed E-state index contributed by atoms with van der Waals surface area (Å²) in [5, 5.41) is 20.1. The Labute approximate surface area is 116 Å². The first-order valence-electron chi connectivity index (χ1n) is 6.03. The Morgan fingerprint density at radius 2 is 2.25 bits per heavy atom. The average Bonchev–Trinajstić information content (AvgIpc) is 2.48. The number of anilines is 2. The third kappa shape index (κ3) is 2.55. The van der Waals surface area contributed by atoms with E-state index in [0.717, 1.165) is 5.69 Å². The second-order valence-electron chi connectivity index (χ2n) is 4.04. The summed E-state index contributed by atoms with van der Waals surface area (Å²) in [7, 11) is 0. The summed E-state index contributed by atoms with van der Waals surface area (Å²) >= 11 is 0. The summed E-state index contributed by atoms with van der Waals surface area (Å²) in [5.74, 6) is 0.525. The van der Waals surface area contributed by atoms with Crippen LogP contribution in [0.5, 0.6) is 5.75 Å². The summed E-state index contributed by atoms with van der Waals surface area (Å²) in [4.78, 5) is 13.3. The third-order valence-electron chi connectivity index (χ3n) is 2.84. The van der Waals surface area contributed by atoms with Gasteiger partial charge in [-0.2, -0.15) is 10.5 Å². The van der Waals surface area contributed by atoms with E-state index < -0.39 is 0 Å². The van der Waals surface area contributed by atoms with Gasteiger partial charge in [0.2, 0.25) is 0 Å². The zero-order chi connectivity index (χ0) is 14.5. The highest BCUT2D eigenvalue weighted by atomic mass is 16.5. The highest BCUT2D eigenvalue weighted by Gasteiger charge is 2.24. The number of benzene rings is 1. The van der Waals surface area contributed by atoms with Gasteiger partial charge in [-0.25, -0.2) is 0 Å². The Balaban J connectivity index is 2.26. The molecule has 0 spiro atoms. The minimum absolute atomic E-state index is 0.0156. The van der Waals surface area contributed by atoms with Crippen molar-refractivity contribution in [1.29, 1.82) is 10.5 Å². The van der Waals surface area contributed by atoms with Gasteiger partial charge in [0.25, 0.3) is 5.91 Å². The SMILES string of the molecule is CCN1C(=O)COc2cc(NC=C(C#N)C#N)ccc21. The largest absolute Gasteiger partial charge is 0.481 e. The van der Waals surface area contributed by atoms with Crippen LogP contribution >= 0.6 is 0 Å². The molecular formula is C14H12N4O2. The third-order valence-corrected chi connectivity index (χ3v) is 2.84. The maximum absolute atomic E-state index is 11.7. The van der Waals surface area contributed by atoms with Gasteiger partial charge >= 0.3 is 0 Å². The fourth-order valence-electron chi connectivity index (χ4n) is 1.89. The smallest absolute Gasteiger partial charge is 0.265 e. The van der Waals surface area contributed by atoms with Crippen LogP contribution in [0.3, 0.4) is 0 Å². The molecule has 2 rings (SSSR count). The molecule has 0 atom stereocenters. The Bertz CT molecular complexity index is 636. The Kier molecular flexibility index (Phi) is 3.88. The summed E-state index contributed by atoms with van der Waals surface area (Å²) < 4.78 is 5.39. The topological polar surface area (TPSA) is 89.2 Å². The molecule has 6 heteroatoms. The number of hydrogen-bond acceptors (Lipinski definition) is 5. The molecule has 0 bridgehead atoms. The van der Waals surface area contributed by atoms with Crippen LogP contribution in [0.1, 0.15) is 6.92 Å². The molecule has 1 heterocycles. The first-order chi connectivity index (χ1) is 9.69. The van der Waals surface area contributed by atoms with E-state index in [9.17, 15) is 4.79 Å². The lowest BCUT2D eigenvalue weighted by atomic mass is 10.2. The van der Waals surface area contributed by atoms with E-state index in [1.54, 1.807) is 35.2 Å². The number of carbonyl (C=O) groups excluding carboxylic acids is 1. The van der Waals surface area contributed by atoms with Crippen molar-refractivity contribution >= 4 is 17.3 Å². The molecule has 1 amide bonds. The van der Waals surface area contributed by atoms with Crippen LogP contribution in [0, 0.1) is 22.7 Å². The molecule has 0 fully saturated rings. The van der Waals surface area contributed by atoms with Crippen LogP contribution in [-0.4, -0.2) is 19.1 Å². The predicted octanol–water partition coefficient (Wildman–Crippen LogP) is 1.77. The van der Waals surface area contributed by atoms with Crippen molar-refractivity contribution in [3.63, 3.8) is 0 Å². The number of amides is 1. The first kappa shape index (κ1) is 13.4. The second kappa shape index (κ2) is 5.77. The van der Waals surface area contributed by atoms with Crippen molar-refractivity contribution in [2.45, 2.75) is 6.92 Å². The van der Waals surface area contributed by atoms with Crippen LogP contribution in [0.4, 0.5) is 11.4 Å². The van der Waals surface area contributed by atoms with Crippen molar-refractivity contribution in [2.24, 2.45) is 0 Å². The molecule has 1 aromatic carbocycles. The van der Waals surface area contributed by atoms with E-state index >= 15 is 0 Å². The van der Waals surface area contributed by atoms with E-state index in [4.69, 9.17) is 15.3 Å². The van der Waals surface area contributed by atoms with E-state index in [-0.39, 0.29) is 18.1 Å². The molecule has 0 aromatic heterocycles. The standard InChI is InChI=1S/C14H12N4O2/c1-2-18-12-4-3-11(17-8-10(6-15)7-16)5-13(12)20-9-14(18)19/h3-5,8,17H,2,9H2,1H3. The van der Waals surface area contributed by atoms with Gasteiger partial charge < -0.3 is 15.0 Å². The maximum Gasteiger partial charge on any atom is 0.265 e. The lowest BCUT2D eigenvalue weighted by molar-refractivity contribution is -0.121. The van der Waals surface area contributed by atoms with Gasteiger partial charge in [-0.1, -0.05) is 0 Å². The Morgan fingerprint density at radius 3 is 2.90 bits per heavy atom. The quantitative estimate of drug-likeness (QED) is 0.844. The molecule has 0 unspecified atom stereocenters. The number of rotatable bonds is 3. The van der Waals surface area contributed by atoms with Crippen LogP contribution in [0.25, 0.3) is 0 Å². The van der Waals surface area contributed by atoms with E-state index in [0.29, 0.717) is 18.0 Å². The number of nitrogens with one attached hydrogen (secondary N) is 1. The number of nitriles is 2. The Morgan fingerprint density at radius 1 is 1.50 bits per heavy atom. The molecule has 1 aromatic rings. The molecule has 0 saturated heterocycles. The van der Waals surface area contributed by atoms with Gasteiger partial charge in [-0.3, -0.25) is 4.79 Å². The number of carbonyl (C=O) groups is 1. The fraction of sp³-hybridized carbons (Fsp3) is 0.214. The highest BCUT2D eigenvalue weighted by molar-refractivity contribution is 5.98. The van der Waals surface area contributed by atoms with Crippen molar-refractivity contribution in [3.05, 3.63) is 30.0 Å². The molecule has 1 aliphatic heterocycles. The van der Waals surface area contributed by atoms with Gasteiger partial charge in [0.15, 0.2) is 6.61 Å². The van der Waals surface area contributed by atoms with Crippen molar-refractivity contribution in [2.75, 3.05) is 23.4 Å². The number of allylic oxidation sites excluding steroid dienone is 1. The molecule has 0 saturated carbocycles. The van der Waals surface area contributed by atoms with E-state index in [1.165, 1.54) is 6.20 Å². The van der Waals surface area contributed by atoms with Crippen LogP contribution < -0.4 is 15.0 Å². The summed E-state index contributed by atoms with van der Waals surface area (Å²) in [6, 6.07) is 8.77. The van der Waals surface area contributed by atoms with Gasteiger partial charge in [0.05, 0.1) is 5.69 Å². The predicted molar refractivity (Wildman–Crippen MR) is 72.9 cm³/mol. The maximum atomic E-state index is 11.7. The summed E-state index contributed by atoms with van der Waals surface area (Å²) in [6.07, 6.45) is 1.33. The normalized spacial score (nSPS) is 12.6. The Hall–Kier alpha value is -2.99. The van der Waals surface area contributed by atoms with Crippen LogP contribution in [0.15, 0.2) is 30.0 Å². The molecule has 1 N–H and O–H groups in total. The van der Waals surface area contributed by atoms with Gasteiger partial charge in [0, 0.05) is 24.5 Å². The summed E-state index contributed by atoms with van der Waals surface area (Å²) in [5.41, 5.74) is 1.38. The molecule has 6 nitrogen and oxygen atoms in total. The lowest BCUT2D eigenvalue weighted by Crippen LogP contribution is -2.38. The minimum atomic E-state index is -0.0724. The number of hydrogen-bond donors (Lipinski definition) is 1. The van der Waals surface area contributed by atoms with Crippen molar-refractivity contribution in [1.82, 2.24) is 0 Å². The zero-order valence-corrected chi connectivity index (χ0v) is 10.9. The van der Waals surface area contributed by atoms with Crippen molar-refractivity contribution in [3.8, 4) is 17.9 Å². The molecule has 1 aliphatic rings. The monoisotopic (exact) mass is 268 g/mol. The molecular weight excluding hydrogens is 256 g/mol. The minimum Gasteiger partial charge on any atom is -0.481 e. The van der Waals surface area contributed by atoms with Crippen molar-refractivity contribution < 1.29 is 9.53 Å². The second-order valence-corrected chi connectivity index (χ2v) is 4.04. The van der Waals surface area contributed by atoms with Gasteiger partial charge in [0.1, 0.15) is 23.5 Å². The fourth-order valence-corrected chi connectivity index (χ4v) is 1.89. The molecule has 0 radical (unpaired) electrons. The molecule has 0 aliphatic carbocycles. The summed E-state index contributed by atoms with van der Waals surface area (Å²) in [6.45, 7) is 2.49. The van der Waals surface area contributed by atoms with Gasteiger partial charge in [-0.05, 0) is 19.1 Å². The number of likely N-dealkylation sites (N-methyl/N-ethyl adjacent to an activating group) is 1. The van der Waals surface area contributed by atoms with Crippen LogP contribution in [-0.2, 0) is 4.79 Å². The van der Waals surface area contributed by atoms with Crippen LogP contribution in [0.2, 0.25) is 0 Å². The molecule has 20 heavy (non-hydrogen) atoms. The zero-order valence-electron chi connectivity index (χ0n) is 10.9. The van der Waals surface area contributed by atoms with Gasteiger partial charge in [-0.15, -0.1) is 0 Å². The average molecular weight is 268 g/mol. The molecule has 100 valence electrons.